The molecule has 1 atom stereocenters. The van der Waals surface area contributed by atoms with Gasteiger partial charge in [-0.3, -0.25) is 4.79 Å². The zero-order valence-corrected chi connectivity index (χ0v) is 24.3. The number of nitrogens with one attached hydrogen (secondary N) is 2. The number of methoxy groups -OCH3 is 1. The lowest BCUT2D eigenvalue weighted by Crippen LogP contribution is -2.34. The Morgan fingerprint density at radius 1 is 0.930 bits per heavy atom. The Bertz CT molecular complexity index is 1660. The van der Waals surface area contributed by atoms with E-state index in [-0.39, 0.29) is 16.6 Å². The number of benzene rings is 4. The van der Waals surface area contributed by atoms with E-state index in [0.29, 0.717) is 47.9 Å². The van der Waals surface area contributed by atoms with Gasteiger partial charge in [0.05, 0.1) is 12.0 Å². The van der Waals surface area contributed by atoms with Crippen molar-refractivity contribution in [2.24, 2.45) is 16.0 Å². The second kappa shape index (κ2) is 14.2. The van der Waals surface area contributed by atoms with E-state index >= 15 is 0 Å². The number of nitrogens with zero attached hydrogens (tertiary/aromatic N) is 1. The maximum absolute atomic E-state index is 13.5. The number of carbonyl (C=O) groups excluding carboxylic acids is 1. The first-order chi connectivity index (χ1) is 20.7. The zero-order chi connectivity index (χ0) is 30.8. The van der Waals surface area contributed by atoms with Crippen molar-refractivity contribution in [3.63, 3.8) is 0 Å². The Labute approximate surface area is 250 Å². The smallest absolute Gasteiger partial charge is 0.247 e. The minimum absolute atomic E-state index is 0.0210. The van der Waals surface area contributed by atoms with Crippen LogP contribution < -0.4 is 31.0 Å². The van der Waals surface area contributed by atoms with Crippen molar-refractivity contribution < 1.29 is 27.9 Å². The zero-order valence-electron chi connectivity index (χ0n) is 23.4. The van der Waals surface area contributed by atoms with Gasteiger partial charge in [0.1, 0.15) is 12.6 Å². The molecule has 12 heteroatoms. The summed E-state index contributed by atoms with van der Waals surface area (Å²) in [6.45, 7) is 0.646. The fourth-order valence-corrected chi connectivity index (χ4v) is 4.77. The minimum Gasteiger partial charge on any atom is -0.493 e. The molecule has 224 valence electrons. The maximum Gasteiger partial charge on any atom is 0.247 e. The second-order valence-corrected chi connectivity index (χ2v) is 11.1. The molecular formula is C31H33N5O6S. The molecule has 0 bridgehead atoms. The summed E-state index contributed by atoms with van der Waals surface area (Å²) in [7, 11) is -2.25. The van der Waals surface area contributed by atoms with Crippen molar-refractivity contribution in [3.05, 3.63) is 119 Å². The van der Waals surface area contributed by atoms with Gasteiger partial charge in [0.2, 0.25) is 15.9 Å². The number of amidine groups is 1. The molecule has 0 fully saturated rings. The number of ether oxygens (including phenoxy) is 2. The fraction of sp³-hybridized carbons (Fsp3) is 0.161. The molecular weight excluding hydrogens is 570 g/mol. The molecule has 0 heterocycles. The number of carbonyl (C=O) groups is 1. The van der Waals surface area contributed by atoms with Crippen molar-refractivity contribution in [1.82, 2.24) is 5.32 Å². The number of oxime groups is 1. The van der Waals surface area contributed by atoms with Crippen LogP contribution in [0, 0.1) is 0 Å². The molecule has 0 spiro atoms. The quantitative estimate of drug-likeness (QED) is 0.0667. The van der Waals surface area contributed by atoms with E-state index in [1.165, 1.54) is 19.2 Å². The molecule has 4 rings (SSSR count). The first kappa shape index (κ1) is 30.9. The van der Waals surface area contributed by atoms with Crippen LogP contribution in [0.3, 0.4) is 0 Å². The van der Waals surface area contributed by atoms with E-state index in [1.807, 2.05) is 30.3 Å². The van der Waals surface area contributed by atoms with Crippen molar-refractivity contribution in [1.29, 1.82) is 0 Å². The summed E-state index contributed by atoms with van der Waals surface area (Å²) < 4.78 is 34.6. The number of rotatable bonds is 13. The third-order valence-electron chi connectivity index (χ3n) is 6.58. The maximum atomic E-state index is 13.5. The average Bonchev–Trinajstić information content (AvgIpc) is 3.02. The summed E-state index contributed by atoms with van der Waals surface area (Å²) in [4.78, 5) is 13.5. The van der Waals surface area contributed by atoms with Crippen molar-refractivity contribution in [3.8, 4) is 11.5 Å². The molecule has 1 amide bonds. The number of sulfonamides is 1. The lowest BCUT2D eigenvalue weighted by molar-refractivity contribution is -0.121. The van der Waals surface area contributed by atoms with E-state index in [1.54, 1.807) is 54.6 Å². The minimum atomic E-state index is -3.78. The van der Waals surface area contributed by atoms with Crippen LogP contribution in [0.4, 0.5) is 5.69 Å². The SMILES string of the molecule is COc1cc(C(Nc2ccc(C(N)=NO)cc2)C(=O)NCCc2ccc(S(N)(=O)=O)cc2)ccc1OCc1ccccc1. The third-order valence-corrected chi connectivity index (χ3v) is 7.51. The number of anilines is 1. The monoisotopic (exact) mass is 603 g/mol. The second-order valence-electron chi connectivity index (χ2n) is 9.55. The van der Waals surface area contributed by atoms with E-state index < -0.39 is 16.1 Å². The van der Waals surface area contributed by atoms with Crippen molar-refractivity contribution >= 4 is 27.5 Å². The van der Waals surface area contributed by atoms with Gasteiger partial charge in [0.15, 0.2) is 17.3 Å². The third kappa shape index (κ3) is 8.47. The lowest BCUT2D eigenvalue weighted by Gasteiger charge is -2.22. The largest absolute Gasteiger partial charge is 0.493 e. The molecule has 43 heavy (non-hydrogen) atoms. The Kier molecular flexibility index (Phi) is 10.2. The lowest BCUT2D eigenvalue weighted by atomic mass is 10.0. The fourth-order valence-electron chi connectivity index (χ4n) is 4.26. The Morgan fingerprint density at radius 2 is 1.63 bits per heavy atom. The molecule has 0 radical (unpaired) electrons. The van der Waals surface area contributed by atoms with Crippen LogP contribution in [-0.4, -0.2) is 39.0 Å². The highest BCUT2D eigenvalue weighted by molar-refractivity contribution is 7.89. The first-order valence-electron chi connectivity index (χ1n) is 13.3. The van der Waals surface area contributed by atoms with E-state index in [0.717, 1.165) is 11.1 Å². The van der Waals surface area contributed by atoms with E-state index in [9.17, 15) is 13.2 Å². The number of primary sulfonamides is 1. The standard InChI is InChI=1S/C31H33N5O6S/c1-41-28-19-24(11-16-27(28)42-20-22-5-3-2-4-6-22)29(35-25-12-9-23(10-13-25)30(32)36-38)31(37)34-18-17-21-7-14-26(15-8-21)43(33,39)40/h2-16,19,29,35,38H,17-18,20H2,1H3,(H2,32,36)(H,34,37)(H2,33,39,40). The Morgan fingerprint density at radius 3 is 2.26 bits per heavy atom. The average molecular weight is 604 g/mol. The van der Waals surface area contributed by atoms with E-state index in [2.05, 4.69) is 15.8 Å². The predicted octanol–water partition coefficient (Wildman–Crippen LogP) is 3.53. The van der Waals surface area contributed by atoms with Gasteiger partial charge in [-0.25, -0.2) is 13.6 Å². The van der Waals surface area contributed by atoms with Gasteiger partial charge in [-0.2, -0.15) is 0 Å². The van der Waals surface area contributed by atoms with Gasteiger partial charge >= 0.3 is 0 Å². The molecule has 0 aliphatic rings. The summed E-state index contributed by atoms with van der Waals surface area (Å²) in [5.41, 5.74) is 9.28. The molecule has 11 nitrogen and oxygen atoms in total. The van der Waals surface area contributed by atoms with Gasteiger partial charge in [0.25, 0.3) is 0 Å². The number of nitrogens with two attached hydrogens (primary N) is 2. The molecule has 4 aromatic rings. The molecule has 0 aliphatic heterocycles. The molecule has 0 aromatic heterocycles. The van der Waals surface area contributed by atoms with Gasteiger partial charge in [-0.05, 0) is 71.6 Å². The molecule has 4 aromatic carbocycles. The highest BCUT2D eigenvalue weighted by Crippen LogP contribution is 2.32. The summed E-state index contributed by atoms with van der Waals surface area (Å²) in [6.07, 6.45) is 0.466. The van der Waals surface area contributed by atoms with Crippen LogP contribution in [-0.2, 0) is 27.8 Å². The molecule has 7 N–H and O–H groups in total. The summed E-state index contributed by atoms with van der Waals surface area (Å²) >= 11 is 0. The van der Waals surface area contributed by atoms with Crippen molar-refractivity contribution in [2.75, 3.05) is 19.0 Å². The highest BCUT2D eigenvalue weighted by atomic mass is 32.2. The van der Waals surface area contributed by atoms with Gasteiger partial charge in [0, 0.05) is 17.8 Å². The van der Waals surface area contributed by atoms with E-state index in [4.69, 9.17) is 25.6 Å². The highest BCUT2D eigenvalue weighted by Gasteiger charge is 2.22. The molecule has 0 aliphatic carbocycles. The number of amides is 1. The van der Waals surface area contributed by atoms with Crippen LogP contribution >= 0.6 is 0 Å². The normalized spacial score (nSPS) is 12.3. The number of hydrogen-bond donors (Lipinski definition) is 5. The van der Waals surface area contributed by atoms with Gasteiger partial charge in [-0.1, -0.05) is 53.7 Å². The summed E-state index contributed by atoms with van der Waals surface area (Å²) in [5.74, 6) is 0.654. The van der Waals surface area contributed by atoms with Crippen LogP contribution in [0.2, 0.25) is 0 Å². The summed E-state index contributed by atoms with van der Waals surface area (Å²) in [6, 6.07) is 27.1. The Hall–Kier alpha value is -5.07. The van der Waals surface area contributed by atoms with Crippen molar-refractivity contribution in [2.45, 2.75) is 24.0 Å². The first-order valence-corrected chi connectivity index (χ1v) is 14.8. The summed E-state index contributed by atoms with van der Waals surface area (Å²) in [5, 5.41) is 23.3. The topological polar surface area (TPSA) is 178 Å². The molecule has 0 saturated heterocycles. The van der Waals surface area contributed by atoms with Gasteiger partial charge in [-0.15, -0.1) is 0 Å². The number of hydrogen-bond acceptors (Lipinski definition) is 8. The Balaban J connectivity index is 1.52. The van der Waals surface area contributed by atoms with Crippen LogP contribution in [0.1, 0.15) is 28.3 Å². The van der Waals surface area contributed by atoms with Gasteiger partial charge < -0.3 is 31.0 Å². The van der Waals surface area contributed by atoms with Crippen LogP contribution in [0.5, 0.6) is 11.5 Å². The molecule has 1 unspecified atom stereocenters. The van der Waals surface area contributed by atoms with Crippen LogP contribution in [0.15, 0.2) is 107 Å². The van der Waals surface area contributed by atoms with Crippen LogP contribution in [0.25, 0.3) is 0 Å². The molecule has 0 saturated carbocycles. The predicted molar refractivity (Wildman–Crippen MR) is 164 cm³/mol.